The molecule has 0 radical (unpaired) electrons. The van der Waals surface area contributed by atoms with Gasteiger partial charge in [0.05, 0.1) is 12.6 Å². The molecule has 0 spiro atoms. The molecule has 0 saturated heterocycles. The Labute approximate surface area is 281 Å². The van der Waals surface area contributed by atoms with Crippen molar-refractivity contribution in [1.29, 1.82) is 0 Å². The highest BCUT2D eigenvalue weighted by atomic mass is 16.6. The van der Waals surface area contributed by atoms with Crippen LogP contribution in [0.2, 0.25) is 0 Å². The molecule has 0 aromatic heterocycles. The largest absolute Gasteiger partial charge is 0.492 e. The van der Waals surface area contributed by atoms with Crippen LogP contribution in [0.1, 0.15) is 90.1 Å². The molecule has 5 nitrogen and oxygen atoms in total. The summed E-state index contributed by atoms with van der Waals surface area (Å²) in [6.45, 7) is 8.06. The van der Waals surface area contributed by atoms with Crippen molar-refractivity contribution in [3.05, 3.63) is 136 Å². The van der Waals surface area contributed by atoms with Crippen molar-refractivity contribution >= 4 is 5.97 Å². The maximum Gasteiger partial charge on any atom is 0.335 e. The second-order valence-corrected chi connectivity index (χ2v) is 12.8. The summed E-state index contributed by atoms with van der Waals surface area (Å²) in [7, 11) is 3.76. The second kappa shape index (κ2) is 16.8. The first-order valence-corrected chi connectivity index (χ1v) is 17.3. The fourth-order valence-corrected chi connectivity index (χ4v) is 6.77. The van der Waals surface area contributed by atoms with E-state index in [1.807, 2.05) is 24.3 Å². The Bertz CT molecular complexity index is 1580. The zero-order valence-corrected chi connectivity index (χ0v) is 28.8. The number of ether oxygens (including phenoxy) is 3. The number of carbonyl (C=O) groups is 1. The summed E-state index contributed by atoms with van der Waals surface area (Å²) in [5.74, 6) is 0.822. The van der Waals surface area contributed by atoms with Gasteiger partial charge in [0.15, 0.2) is 6.10 Å². The molecule has 1 aliphatic carbocycles. The smallest absolute Gasteiger partial charge is 0.335 e. The molecule has 5 rings (SSSR count). The number of benzene rings is 4. The lowest BCUT2D eigenvalue weighted by atomic mass is 9.87. The van der Waals surface area contributed by atoms with Crippen LogP contribution in [-0.4, -0.2) is 50.9 Å². The molecule has 0 fully saturated rings. The Morgan fingerprint density at radius 2 is 1.53 bits per heavy atom. The molecule has 3 unspecified atom stereocenters. The van der Waals surface area contributed by atoms with E-state index in [0.717, 1.165) is 37.1 Å². The average molecular weight is 634 g/mol. The molecule has 0 bridgehead atoms. The van der Waals surface area contributed by atoms with E-state index in [2.05, 4.69) is 92.5 Å². The van der Waals surface area contributed by atoms with Crippen LogP contribution in [0.5, 0.6) is 5.75 Å². The van der Waals surface area contributed by atoms with Crippen molar-refractivity contribution in [2.45, 2.75) is 77.4 Å². The average Bonchev–Trinajstić information content (AvgIpc) is 3.26. The summed E-state index contributed by atoms with van der Waals surface area (Å²) in [5.41, 5.74) is 10.9. The maximum atomic E-state index is 12.1. The van der Waals surface area contributed by atoms with Gasteiger partial charge in [0.2, 0.25) is 0 Å². The van der Waals surface area contributed by atoms with Gasteiger partial charge in [-0.25, -0.2) is 4.79 Å². The fraction of sp³-hybridized carbons (Fsp3) is 0.405. The van der Waals surface area contributed by atoms with Gasteiger partial charge in [0.1, 0.15) is 12.4 Å². The SMILES string of the molecule is CCCCc1ccc2c(c1)CCc1cc(C(C)c3ccccc3)ccc1C2N(C)CCOc1ccc(CC(OC)C(=O)OCC)cc1. The molecule has 248 valence electrons. The molecule has 5 heteroatoms. The molecule has 4 aromatic rings. The van der Waals surface area contributed by atoms with Crippen LogP contribution < -0.4 is 4.74 Å². The monoisotopic (exact) mass is 633 g/mol. The Morgan fingerprint density at radius 3 is 2.21 bits per heavy atom. The van der Waals surface area contributed by atoms with Gasteiger partial charge in [-0.15, -0.1) is 0 Å². The Hall–Kier alpha value is -3.93. The lowest BCUT2D eigenvalue weighted by Gasteiger charge is -2.31. The van der Waals surface area contributed by atoms with Crippen LogP contribution >= 0.6 is 0 Å². The highest BCUT2D eigenvalue weighted by Gasteiger charge is 2.28. The van der Waals surface area contributed by atoms with Crippen LogP contribution in [0.3, 0.4) is 0 Å². The molecule has 3 atom stereocenters. The molecule has 0 aliphatic heterocycles. The Balaban J connectivity index is 1.33. The minimum absolute atomic E-state index is 0.156. The molecular weight excluding hydrogens is 582 g/mol. The van der Waals surface area contributed by atoms with Gasteiger partial charge in [-0.3, -0.25) is 4.90 Å². The number of fused-ring (bicyclic) bond motifs is 2. The lowest BCUT2D eigenvalue weighted by molar-refractivity contribution is -0.154. The third kappa shape index (κ3) is 8.71. The van der Waals surface area contributed by atoms with Gasteiger partial charge in [0.25, 0.3) is 0 Å². The summed E-state index contributed by atoms with van der Waals surface area (Å²) in [5, 5.41) is 0. The molecule has 0 amide bonds. The number of methoxy groups -OCH3 is 1. The quantitative estimate of drug-likeness (QED) is 0.123. The predicted octanol–water partition coefficient (Wildman–Crippen LogP) is 8.50. The van der Waals surface area contributed by atoms with Crippen molar-refractivity contribution in [2.24, 2.45) is 0 Å². The lowest BCUT2D eigenvalue weighted by Crippen LogP contribution is -2.30. The molecular formula is C42H51NO4. The zero-order chi connectivity index (χ0) is 33.2. The summed E-state index contributed by atoms with van der Waals surface area (Å²) < 4.78 is 16.7. The van der Waals surface area contributed by atoms with E-state index in [-0.39, 0.29) is 12.0 Å². The van der Waals surface area contributed by atoms with E-state index < -0.39 is 6.10 Å². The van der Waals surface area contributed by atoms with Crippen LogP contribution in [0.4, 0.5) is 0 Å². The van der Waals surface area contributed by atoms with Gasteiger partial charge in [-0.1, -0.05) is 99.1 Å². The number of rotatable bonds is 15. The van der Waals surface area contributed by atoms with Crippen LogP contribution in [-0.2, 0) is 40.0 Å². The van der Waals surface area contributed by atoms with Crippen molar-refractivity contribution in [3.63, 3.8) is 0 Å². The molecule has 0 heterocycles. The first kappa shape index (κ1) is 34.4. The molecule has 1 aliphatic rings. The van der Waals surface area contributed by atoms with E-state index in [1.165, 1.54) is 58.9 Å². The number of esters is 1. The van der Waals surface area contributed by atoms with Gasteiger partial charge in [-0.05, 0) is 96.3 Å². The zero-order valence-electron chi connectivity index (χ0n) is 28.8. The van der Waals surface area contributed by atoms with E-state index in [0.29, 0.717) is 25.6 Å². The summed E-state index contributed by atoms with van der Waals surface area (Å²) in [4.78, 5) is 14.6. The number of unbranched alkanes of at least 4 members (excludes halogenated alkanes) is 1. The van der Waals surface area contributed by atoms with Gasteiger partial charge in [-0.2, -0.15) is 0 Å². The number of hydrogen-bond acceptors (Lipinski definition) is 5. The number of likely N-dealkylation sites (N-methyl/N-ethyl adjacent to an activating group) is 1. The highest BCUT2D eigenvalue weighted by molar-refractivity contribution is 5.75. The minimum atomic E-state index is -0.610. The summed E-state index contributed by atoms with van der Waals surface area (Å²) in [6.07, 6.45) is 5.52. The van der Waals surface area contributed by atoms with Gasteiger partial charge in [0, 0.05) is 26.0 Å². The predicted molar refractivity (Wildman–Crippen MR) is 190 cm³/mol. The normalized spacial score (nSPS) is 15.3. The number of hydrogen-bond donors (Lipinski definition) is 0. The third-order valence-corrected chi connectivity index (χ3v) is 9.58. The summed E-state index contributed by atoms with van der Waals surface area (Å²) >= 11 is 0. The van der Waals surface area contributed by atoms with Crippen LogP contribution in [0.15, 0.2) is 91.0 Å². The fourth-order valence-electron chi connectivity index (χ4n) is 6.77. The molecule has 47 heavy (non-hydrogen) atoms. The van der Waals surface area contributed by atoms with Gasteiger partial charge < -0.3 is 14.2 Å². The summed E-state index contributed by atoms with van der Waals surface area (Å²) in [6, 6.07) is 33.3. The first-order valence-electron chi connectivity index (χ1n) is 17.3. The minimum Gasteiger partial charge on any atom is -0.492 e. The van der Waals surface area contributed by atoms with E-state index >= 15 is 0 Å². The maximum absolute atomic E-state index is 12.1. The standard InChI is InChI=1S/C42H51NO4/c1-6-8-12-31-17-23-38-35(27-31)18-19-36-29-34(30(3)33-13-10-9-11-14-33)20-24-39(36)41(38)43(4)25-26-47-37-21-15-32(16-22-37)28-40(45-5)42(44)46-7-2/h9-11,13-17,20-24,27,29-30,40-41H,6-8,12,18-19,25-26,28H2,1-5H3. The van der Waals surface area contributed by atoms with E-state index in [4.69, 9.17) is 14.2 Å². The molecule has 0 N–H and O–H groups in total. The Morgan fingerprint density at radius 1 is 0.851 bits per heavy atom. The van der Waals surface area contributed by atoms with Crippen molar-refractivity contribution < 1.29 is 19.0 Å². The second-order valence-electron chi connectivity index (χ2n) is 12.8. The van der Waals surface area contributed by atoms with Crippen LogP contribution in [0.25, 0.3) is 0 Å². The van der Waals surface area contributed by atoms with E-state index in [9.17, 15) is 4.79 Å². The molecule has 0 saturated carbocycles. The Kier molecular flexibility index (Phi) is 12.3. The highest BCUT2D eigenvalue weighted by Crippen LogP contribution is 2.38. The van der Waals surface area contributed by atoms with Crippen molar-refractivity contribution in [2.75, 3.05) is 33.9 Å². The first-order chi connectivity index (χ1) is 22.9. The van der Waals surface area contributed by atoms with Crippen molar-refractivity contribution in [3.8, 4) is 5.75 Å². The van der Waals surface area contributed by atoms with Crippen LogP contribution in [0, 0.1) is 0 Å². The molecule has 4 aromatic carbocycles. The number of nitrogens with zero attached hydrogens (tertiary/aromatic N) is 1. The topological polar surface area (TPSA) is 48.0 Å². The number of carbonyl (C=O) groups excluding carboxylic acids is 1. The van der Waals surface area contributed by atoms with Crippen molar-refractivity contribution in [1.82, 2.24) is 4.90 Å². The number of aryl methyl sites for hydroxylation is 3. The third-order valence-electron chi connectivity index (χ3n) is 9.58. The van der Waals surface area contributed by atoms with Gasteiger partial charge >= 0.3 is 5.97 Å². The van der Waals surface area contributed by atoms with E-state index in [1.54, 1.807) is 6.92 Å².